The highest BCUT2D eigenvalue weighted by Crippen LogP contribution is 2.21. The molecule has 4 nitrogen and oxygen atoms in total. The molecule has 2 rings (SSSR count). The number of aliphatic hydroxyl groups is 1. The van der Waals surface area contributed by atoms with Crippen molar-refractivity contribution in [2.75, 3.05) is 24.5 Å². The number of nitrogens with zero attached hydrogens (tertiary/aromatic N) is 2. The molecule has 1 saturated heterocycles. The van der Waals surface area contributed by atoms with E-state index < -0.39 is 0 Å². The molecular weight excluding hydrogens is 226 g/mol. The second kappa shape index (κ2) is 6.71. The molecule has 100 valence electrons. The lowest BCUT2D eigenvalue weighted by molar-refractivity contribution is 0.145. The predicted molar refractivity (Wildman–Crippen MR) is 73.7 cm³/mol. The Hall–Kier alpha value is -1.13. The first kappa shape index (κ1) is 13.3. The number of hydrogen-bond acceptors (Lipinski definition) is 4. The third-order valence-electron chi connectivity index (χ3n) is 3.37. The summed E-state index contributed by atoms with van der Waals surface area (Å²) in [6.07, 6.45) is 4.55. The zero-order valence-corrected chi connectivity index (χ0v) is 11.1. The van der Waals surface area contributed by atoms with Gasteiger partial charge in [0.25, 0.3) is 0 Å². The molecule has 0 unspecified atom stereocenters. The maximum absolute atomic E-state index is 9.56. The van der Waals surface area contributed by atoms with Crippen LogP contribution in [0.3, 0.4) is 0 Å². The molecule has 0 saturated carbocycles. The quantitative estimate of drug-likeness (QED) is 0.777. The van der Waals surface area contributed by atoms with E-state index >= 15 is 0 Å². The molecule has 1 aromatic rings. The van der Waals surface area contributed by atoms with E-state index in [0.717, 1.165) is 51.3 Å². The van der Waals surface area contributed by atoms with Crippen LogP contribution in [0.15, 0.2) is 18.3 Å². The first-order valence-corrected chi connectivity index (χ1v) is 6.89. The van der Waals surface area contributed by atoms with Gasteiger partial charge in [0.15, 0.2) is 0 Å². The lowest BCUT2D eigenvalue weighted by Gasteiger charge is -2.31. The van der Waals surface area contributed by atoms with E-state index in [1.165, 1.54) is 5.56 Å². The Morgan fingerprint density at radius 3 is 2.94 bits per heavy atom. The van der Waals surface area contributed by atoms with Crippen LogP contribution in [0, 0.1) is 0 Å². The van der Waals surface area contributed by atoms with Crippen LogP contribution in [0.2, 0.25) is 0 Å². The van der Waals surface area contributed by atoms with Gasteiger partial charge in [0.05, 0.1) is 6.10 Å². The molecule has 2 N–H and O–H groups in total. The van der Waals surface area contributed by atoms with E-state index in [1.54, 1.807) is 0 Å². The maximum atomic E-state index is 9.56. The van der Waals surface area contributed by atoms with Gasteiger partial charge in [-0.25, -0.2) is 4.98 Å². The van der Waals surface area contributed by atoms with Gasteiger partial charge >= 0.3 is 0 Å². The number of nitrogens with one attached hydrogen (secondary N) is 1. The summed E-state index contributed by atoms with van der Waals surface area (Å²) in [5.74, 6) is 1.08. The molecule has 0 aliphatic carbocycles. The van der Waals surface area contributed by atoms with Crippen molar-refractivity contribution in [3.8, 4) is 0 Å². The SMILES string of the molecule is CCCNCc1cccnc1N1CCC(O)CC1. The van der Waals surface area contributed by atoms with Gasteiger partial charge < -0.3 is 15.3 Å². The highest BCUT2D eigenvalue weighted by Gasteiger charge is 2.19. The smallest absolute Gasteiger partial charge is 0.133 e. The van der Waals surface area contributed by atoms with Crippen molar-refractivity contribution in [2.24, 2.45) is 0 Å². The average molecular weight is 249 g/mol. The number of rotatable bonds is 5. The van der Waals surface area contributed by atoms with Crippen LogP contribution in [-0.4, -0.2) is 35.8 Å². The standard InChI is InChI=1S/C14H23N3O/c1-2-7-15-11-12-4-3-8-16-14(12)17-9-5-13(18)6-10-17/h3-4,8,13,15,18H,2,5-7,9-11H2,1H3. The Bertz CT molecular complexity index is 362. The molecule has 0 atom stereocenters. The molecule has 0 amide bonds. The minimum Gasteiger partial charge on any atom is -0.393 e. The van der Waals surface area contributed by atoms with Gasteiger partial charge in [-0.15, -0.1) is 0 Å². The molecular formula is C14H23N3O. The molecule has 1 fully saturated rings. The Labute approximate surface area is 109 Å². The lowest BCUT2D eigenvalue weighted by atomic mass is 10.1. The van der Waals surface area contributed by atoms with Crippen LogP contribution in [0.4, 0.5) is 5.82 Å². The normalized spacial score (nSPS) is 17.1. The monoisotopic (exact) mass is 249 g/mol. The third kappa shape index (κ3) is 3.43. The van der Waals surface area contributed by atoms with Crippen LogP contribution in [-0.2, 0) is 6.54 Å². The number of aromatic nitrogens is 1. The molecule has 0 spiro atoms. The van der Waals surface area contributed by atoms with Gasteiger partial charge in [-0.2, -0.15) is 0 Å². The number of hydrogen-bond donors (Lipinski definition) is 2. The van der Waals surface area contributed by atoms with Crippen LogP contribution >= 0.6 is 0 Å². The zero-order valence-electron chi connectivity index (χ0n) is 11.1. The van der Waals surface area contributed by atoms with Gasteiger partial charge in [-0.3, -0.25) is 0 Å². The van der Waals surface area contributed by atoms with Crippen molar-refractivity contribution >= 4 is 5.82 Å². The summed E-state index contributed by atoms with van der Waals surface area (Å²) < 4.78 is 0. The Morgan fingerprint density at radius 2 is 2.22 bits per heavy atom. The van der Waals surface area contributed by atoms with Crippen molar-refractivity contribution in [3.05, 3.63) is 23.9 Å². The van der Waals surface area contributed by atoms with Crippen LogP contribution in [0.5, 0.6) is 0 Å². The lowest BCUT2D eigenvalue weighted by Crippen LogP contribution is -2.37. The second-order valence-electron chi connectivity index (χ2n) is 4.88. The van der Waals surface area contributed by atoms with Crippen molar-refractivity contribution in [1.29, 1.82) is 0 Å². The van der Waals surface area contributed by atoms with Gasteiger partial charge in [-0.1, -0.05) is 13.0 Å². The van der Waals surface area contributed by atoms with Gasteiger partial charge in [0, 0.05) is 31.4 Å². The summed E-state index contributed by atoms with van der Waals surface area (Å²) in [4.78, 5) is 6.80. The van der Waals surface area contributed by atoms with E-state index in [2.05, 4.69) is 28.2 Å². The second-order valence-corrected chi connectivity index (χ2v) is 4.88. The Morgan fingerprint density at radius 1 is 1.44 bits per heavy atom. The number of anilines is 1. The summed E-state index contributed by atoms with van der Waals surface area (Å²) in [5, 5.41) is 13.0. The highest BCUT2D eigenvalue weighted by molar-refractivity contribution is 5.47. The molecule has 1 aromatic heterocycles. The highest BCUT2D eigenvalue weighted by atomic mass is 16.3. The number of aliphatic hydroxyl groups excluding tert-OH is 1. The minimum absolute atomic E-state index is 0.133. The van der Waals surface area contributed by atoms with Crippen molar-refractivity contribution in [3.63, 3.8) is 0 Å². The van der Waals surface area contributed by atoms with Crippen LogP contribution < -0.4 is 10.2 Å². The molecule has 4 heteroatoms. The number of piperidine rings is 1. The summed E-state index contributed by atoms with van der Waals surface area (Å²) >= 11 is 0. The Kier molecular flexibility index (Phi) is 4.96. The molecule has 2 heterocycles. The van der Waals surface area contributed by atoms with E-state index in [4.69, 9.17) is 0 Å². The van der Waals surface area contributed by atoms with Gasteiger partial charge in [0.1, 0.15) is 5.82 Å². The summed E-state index contributed by atoms with van der Waals surface area (Å²) in [6, 6.07) is 4.13. The first-order chi connectivity index (χ1) is 8.81. The van der Waals surface area contributed by atoms with Crippen LogP contribution in [0.25, 0.3) is 0 Å². The molecule has 1 aliphatic rings. The fourth-order valence-electron chi connectivity index (χ4n) is 2.33. The van der Waals surface area contributed by atoms with Gasteiger partial charge in [0.2, 0.25) is 0 Å². The largest absolute Gasteiger partial charge is 0.393 e. The molecule has 0 bridgehead atoms. The molecule has 18 heavy (non-hydrogen) atoms. The van der Waals surface area contributed by atoms with Crippen molar-refractivity contribution < 1.29 is 5.11 Å². The Balaban J connectivity index is 2.02. The molecule has 0 radical (unpaired) electrons. The van der Waals surface area contributed by atoms with Crippen molar-refractivity contribution in [2.45, 2.75) is 38.8 Å². The molecule has 1 aliphatic heterocycles. The summed E-state index contributed by atoms with van der Waals surface area (Å²) in [5.41, 5.74) is 1.25. The number of pyridine rings is 1. The van der Waals surface area contributed by atoms with Crippen LogP contribution in [0.1, 0.15) is 31.7 Å². The molecule has 0 aromatic carbocycles. The van der Waals surface area contributed by atoms with E-state index in [0.29, 0.717) is 0 Å². The fourth-order valence-corrected chi connectivity index (χ4v) is 2.33. The summed E-state index contributed by atoms with van der Waals surface area (Å²) in [6.45, 7) is 5.88. The average Bonchev–Trinajstić information content (AvgIpc) is 2.41. The predicted octanol–water partition coefficient (Wildman–Crippen LogP) is 1.54. The minimum atomic E-state index is -0.133. The maximum Gasteiger partial charge on any atom is 0.133 e. The van der Waals surface area contributed by atoms with Crippen molar-refractivity contribution in [1.82, 2.24) is 10.3 Å². The van der Waals surface area contributed by atoms with E-state index in [9.17, 15) is 5.11 Å². The zero-order chi connectivity index (χ0) is 12.8. The van der Waals surface area contributed by atoms with E-state index in [-0.39, 0.29) is 6.10 Å². The topological polar surface area (TPSA) is 48.4 Å². The van der Waals surface area contributed by atoms with E-state index in [1.807, 2.05) is 12.3 Å². The fraction of sp³-hybridized carbons (Fsp3) is 0.643. The third-order valence-corrected chi connectivity index (χ3v) is 3.37. The first-order valence-electron chi connectivity index (χ1n) is 6.89. The summed E-state index contributed by atoms with van der Waals surface area (Å²) in [7, 11) is 0. The van der Waals surface area contributed by atoms with Gasteiger partial charge in [-0.05, 0) is 31.9 Å².